The van der Waals surface area contributed by atoms with Gasteiger partial charge in [-0.25, -0.2) is 0 Å². The lowest BCUT2D eigenvalue weighted by Crippen LogP contribution is -2.25. The van der Waals surface area contributed by atoms with Crippen LogP contribution in [-0.2, 0) is 0 Å². The van der Waals surface area contributed by atoms with E-state index in [1.54, 1.807) is 11.8 Å². The van der Waals surface area contributed by atoms with Gasteiger partial charge in [-0.1, -0.05) is 62.2 Å². The van der Waals surface area contributed by atoms with Crippen molar-refractivity contribution in [3.05, 3.63) is 59.4 Å². The number of hydrogen-bond donors (Lipinski definition) is 0. The third-order valence-corrected chi connectivity index (χ3v) is 5.21. The summed E-state index contributed by atoms with van der Waals surface area (Å²) in [6.45, 7) is 9.33. The molecule has 2 atom stereocenters. The lowest BCUT2D eigenvalue weighted by atomic mass is 9.69. The van der Waals surface area contributed by atoms with Crippen LogP contribution in [0.25, 0.3) is 0 Å². The van der Waals surface area contributed by atoms with Crippen LogP contribution in [0.5, 0.6) is 0 Å². The number of allylic oxidation sites excluding steroid dienone is 2. The molecule has 0 saturated heterocycles. The van der Waals surface area contributed by atoms with Crippen LogP contribution < -0.4 is 0 Å². The average Bonchev–Trinajstić information content (AvgIpc) is 2.91. The molecule has 2 radical (unpaired) electrons. The maximum Gasteiger partial charge on any atom is 0.0149 e. The maximum atomic E-state index is 2.47. The minimum atomic E-state index is 0.217. The zero-order valence-electron chi connectivity index (χ0n) is 13.2. The van der Waals surface area contributed by atoms with Crippen molar-refractivity contribution in [2.45, 2.75) is 47.0 Å². The molecule has 2 unspecified atom stereocenters. The van der Waals surface area contributed by atoms with Crippen LogP contribution in [0, 0.1) is 29.1 Å². The van der Waals surface area contributed by atoms with Gasteiger partial charge in [0.25, 0.3) is 0 Å². The largest absolute Gasteiger partial charge is 0.0798 e. The molecule has 106 valence electrons. The fourth-order valence-corrected chi connectivity index (χ4v) is 4.55. The molecule has 0 N–H and O–H groups in total. The summed E-state index contributed by atoms with van der Waals surface area (Å²) in [7, 11) is 0. The van der Waals surface area contributed by atoms with Crippen LogP contribution in [0.2, 0.25) is 0 Å². The normalized spacial score (nSPS) is 29.4. The molecule has 0 heterocycles. The van der Waals surface area contributed by atoms with Crippen LogP contribution in [0.1, 0.15) is 52.5 Å². The molecular weight excluding hydrogens is 240 g/mol. The van der Waals surface area contributed by atoms with Gasteiger partial charge in [-0.2, -0.15) is 0 Å². The molecule has 0 bridgehead atoms. The molecule has 0 aromatic heterocycles. The molecule has 2 fully saturated rings. The molecule has 1 aromatic carbocycles. The van der Waals surface area contributed by atoms with Gasteiger partial charge in [-0.05, 0) is 49.5 Å². The first-order valence-electron chi connectivity index (χ1n) is 7.97. The SMILES string of the molecule is CC(C)=C[C]1C2CCCC2[C](c2ccccc2)C1(C)C. The van der Waals surface area contributed by atoms with Crippen molar-refractivity contribution in [2.75, 3.05) is 0 Å². The predicted molar refractivity (Wildman–Crippen MR) is 86.1 cm³/mol. The number of rotatable bonds is 2. The van der Waals surface area contributed by atoms with Crippen molar-refractivity contribution >= 4 is 0 Å². The third-order valence-electron chi connectivity index (χ3n) is 5.21. The summed E-state index contributed by atoms with van der Waals surface area (Å²) in [5.74, 6) is 4.93. The van der Waals surface area contributed by atoms with Crippen LogP contribution in [0.4, 0.5) is 0 Å². The number of fused-ring (bicyclic) bond motifs is 1. The van der Waals surface area contributed by atoms with E-state index >= 15 is 0 Å². The maximum absolute atomic E-state index is 2.47. The topological polar surface area (TPSA) is 0 Å². The minimum Gasteiger partial charge on any atom is -0.0798 e. The van der Waals surface area contributed by atoms with Crippen molar-refractivity contribution in [2.24, 2.45) is 17.3 Å². The summed E-state index contributed by atoms with van der Waals surface area (Å²) in [4.78, 5) is 0. The Bertz CT molecular complexity index is 490. The van der Waals surface area contributed by atoms with Gasteiger partial charge in [-0.3, -0.25) is 0 Å². The summed E-state index contributed by atoms with van der Waals surface area (Å²) >= 11 is 0. The second kappa shape index (κ2) is 5.06. The molecule has 0 heteroatoms. The highest BCUT2D eigenvalue weighted by Crippen LogP contribution is 2.64. The van der Waals surface area contributed by atoms with Crippen molar-refractivity contribution in [3.8, 4) is 0 Å². The van der Waals surface area contributed by atoms with E-state index in [9.17, 15) is 0 Å². The van der Waals surface area contributed by atoms with Gasteiger partial charge in [0.1, 0.15) is 0 Å². The Morgan fingerprint density at radius 1 is 1.05 bits per heavy atom. The lowest BCUT2D eigenvalue weighted by Gasteiger charge is -2.34. The Balaban J connectivity index is 2.04. The molecule has 3 rings (SSSR count). The Labute approximate surface area is 124 Å². The summed E-state index contributed by atoms with van der Waals surface area (Å²) in [6.07, 6.45) is 6.61. The van der Waals surface area contributed by atoms with Gasteiger partial charge in [0.05, 0.1) is 0 Å². The van der Waals surface area contributed by atoms with E-state index in [2.05, 4.69) is 64.1 Å². The predicted octanol–water partition coefficient (Wildman–Crippen LogP) is 5.61. The van der Waals surface area contributed by atoms with Crippen LogP contribution in [0.3, 0.4) is 0 Å². The van der Waals surface area contributed by atoms with Crippen molar-refractivity contribution in [1.29, 1.82) is 0 Å². The Hall–Kier alpha value is -1.04. The third kappa shape index (κ3) is 2.14. The van der Waals surface area contributed by atoms with Crippen LogP contribution in [0.15, 0.2) is 42.0 Å². The van der Waals surface area contributed by atoms with E-state index in [0.29, 0.717) is 0 Å². The summed E-state index contributed by atoms with van der Waals surface area (Å²) in [5.41, 5.74) is 3.12. The lowest BCUT2D eigenvalue weighted by molar-refractivity contribution is 0.440. The molecule has 1 aromatic rings. The smallest absolute Gasteiger partial charge is 0.0149 e. The average molecular weight is 266 g/mol. The van der Waals surface area contributed by atoms with E-state index in [-0.39, 0.29) is 5.41 Å². The second-order valence-corrected chi connectivity index (χ2v) is 7.23. The van der Waals surface area contributed by atoms with E-state index in [0.717, 1.165) is 11.8 Å². The molecule has 2 saturated carbocycles. The molecule has 2 aliphatic rings. The summed E-state index contributed by atoms with van der Waals surface area (Å²) < 4.78 is 0. The Morgan fingerprint density at radius 3 is 2.35 bits per heavy atom. The first-order valence-corrected chi connectivity index (χ1v) is 7.97. The van der Waals surface area contributed by atoms with Gasteiger partial charge in [-0.15, -0.1) is 0 Å². The summed E-state index contributed by atoms with van der Waals surface area (Å²) in [5, 5.41) is 0. The first kappa shape index (κ1) is 13.9. The van der Waals surface area contributed by atoms with Crippen molar-refractivity contribution in [1.82, 2.24) is 0 Å². The van der Waals surface area contributed by atoms with Crippen LogP contribution >= 0.6 is 0 Å². The van der Waals surface area contributed by atoms with Gasteiger partial charge in [0, 0.05) is 11.8 Å². The molecule has 0 amide bonds. The monoisotopic (exact) mass is 266 g/mol. The first-order chi connectivity index (χ1) is 9.51. The van der Waals surface area contributed by atoms with E-state index in [1.807, 2.05) is 0 Å². The van der Waals surface area contributed by atoms with E-state index in [4.69, 9.17) is 0 Å². The standard InChI is InChI=1S/C20H26/c1-14(2)13-18-16-11-8-12-17(16)19(20(18,3)4)15-9-6-5-7-10-15/h5-7,9-10,13,16-17H,8,11-12H2,1-4H3. The van der Waals surface area contributed by atoms with E-state index < -0.39 is 0 Å². The molecule has 2 aliphatic carbocycles. The zero-order chi connectivity index (χ0) is 14.3. The molecular formula is C20H26. The Kier molecular flexibility index (Phi) is 3.52. The number of hydrogen-bond acceptors (Lipinski definition) is 0. The van der Waals surface area contributed by atoms with Gasteiger partial charge in [0.2, 0.25) is 0 Å². The van der Waals surface area contributed by atoms with Crippen molar-refractivity contribution < 1.29 is 0 Å². The minimum absolute atomic E-state index is 0.217. The van der Waals surface area contributed by atoms with E-state index in [1.165, 1.54) is 30.4 Å². The second-order valence-electron chi connectivity index (χ2n) is 7.23. The summed E-state index contributed by atoms with van der Waals surface area (Å²) in [6, 6.07) is 11.1. The highest BCUT2D eigenvalue weighted by Gasteiger charge is 2.56. The van der Waals surface area contributed by atoms with Crippen molar-refractivity contribution in [3.63, 3.8) is 0 Å². The Morgan fingerprint density at radius 2 is 1.70 bits per heavy atom. The highest BCUT2D eigenvalue weighted by atomic mass is 14.6. The van der Waals surface area contributed by atoms with Crippen LogP contribution in [-0.4, -0.2) is 0 Å². The molecule has 20 heavy (non-hydrogen) atoms. The fourth-order valence-electron chi connectivity index (χ4n) is 4.55. The fraction of sp³-hybridized carbons (Fsp3) is 0.500. The molecule has 0 aliphatic heterocycles. The molecule has 0 nitrogen and oxygen atoms in total. The highest BCUT2D eigenvalue weighted by molar-refractivity contribution is 5.48. The van der Waals surface area contributed by atoms with Gasteiger partial charge in [0.15, 0.2) is 0 Å². The molecule has 0 spiro atoms. The quantitative estimate of drug-likeness (QED) is 0.653. The van der Waals surface area contributed by atoms with Gasteiger partial charge >= 0.3 is 0 Å². The zero-order valence-corrected chi connectivity index (χ0v) is 13.2. The number of benzene rings is 1. The van der Waals surface area contributed by atoms with Gasteiger partial charge < -0.3 is 0 Å².